The highest BCUT2D eigenvalue weighted by atomic mass is 35.5. The highest BCUT2D eigenvalue weighted by Crippen LogP contribution is 2.12. The molecule has 0 saturated carbocycles. The minimum atomic E-state index is -0.187. The summed E-state index contributed by atoms with van der Waals surface area (Å²) < 4.78 is 0. The number of hydrogen-bond acceptors (Lipinski definition) is 2. The number of benzene rings is 1. The van der Waals surface area contributed by atoms with Gasteiger partial charge in [-0.1, -0.05) is 23.7 Å². The van der Waals surface area contributed by atoms with Gasteiger partial charge in [-0.15, -0.1) is 11.6 Å². The van der Waals surface area contributed by atoms with Crippen LogP contribution in [0.5, 0.6) is 0 Å². The highest BCUT2D eigenvalue weighted by Gasteiger charge is 2.02. The number of alkyl halides is 1. The summed E-state index contributed by atoms with van der Waals surface area (Å²) in [5.41, 5.74) is 1.38. The second-order valence-corrected chi connectivity index (χ2v) is 4.33. The molecule has 0 unspecified atom stereocenters. The fourth-order valence-corrected chi connectivity index (χ4v) is 1.91. The van der Waals surface area contributed by atoms with Crippen LogP contribution in [0.4, 0.5) is 0 Å². The lowest BCUT2D eigenvalue weighted by atomic mass is 10.1. The van der Waals surface area contributed by atoms with E-state index in [9.17, 15) is 4.79 Å². The molecule has 1 aromatic carbocycles. The molecule has 0 aliphatic carbocycles. The predicted octanol–water partition coefficient (Wildman–Crippen LogP) is 2.75. The fraction of sp³-hybridized carbons (Fsp3) is 0.167. The Bertz CT molecular complexity index is 581. The van der Waals surface area contributed by atoms with Crippen molar-refractivity contribution in [3.05, 3.63) is 62.8 Å². The van der Waals surface area contributed by atoms with Gasteiger partial charge >= 0.3 is 0 Å². The maximum atomic E-state index is 11.3. The average Bonchev–Trinajstić information content (AvgIpc) is 2.28. The minimum absolute atomic E-state index is 0.187. The van der Waals surface area contributed by atoms with Crippen molar-refractivity contribution in [1.82, 2.24) is 9.97 Å². The molecule has 0 saturated heterocycles. The van der Waals surface area contributed by atoms with Gasteiger partial charge in [0, 0.05) is 17.5 Å². The molecule has 0 fully saturated rings. The quantitative estimate of drug-likeness (QED) is 0.871. The van der Waals surface area contributed by atoms with Gasteiger partial charge in [-0.3, -0.25) is 4.79 Å². The van der Waals surface area contributed by atoms with Gasteiger partial charge in [0.15, 0.2) is 0 Å². The van der Waals surface area contributed by atoms with Crippen molar-refractivity contribution in [2.75, 3.05) is 0 Å². The molecule has 0 radical (unpaired) electrons. The zero-order chi connectivity index (χ0) is 12.3. The third-order valence-corrected chi connectivity index (χ3v) is 2.75. The molecule has 0 amide bonds. The van der Waals surface area contributed by atoms with E-state index in [1.165, 1.54) is 6.07 Å². The first-order chi connectivity index (χ1) is 8.17. The molecule has 0 atom stereocenters. The normalized spacial score (nSPS) is 10.5. The Labute approximate surface area is 108 Å². The molecule has 5 heteroatoms. The van der Waals surface area contributed by atoms with Gasteiger partial charge in [0.05, 0.1) is 11.6 Å². The summed E-state index contributed by atoms with van der Waals surface area (Å²) in [7, 11) is 0. The molecular formula is C12H10Cl2N2O. The van der Waals surface area contributed by atoms with Crippen LogP contribution in [0.2, 0.25) is 5.02 Å². The van der Waals surface area contributed by atoms with E-state index >= 15 is 0 Å². The molecule has 17 heavy (non-hydrogen) atoms. The molecule has 2 aromatic rings. The maximum Gasteiger partial charge on any atom is 0.251 e. The SMILES string of the molecule is O=c1cc(CCl)nc(Cc2cccc(Cl)c2)[nH]1. The van der Waals surface area contributed by atoms with Gasteiger partial charge in [-0.05, 0) is 17.7 Å². The number of halogens is 2. The Morgan fingerprint density at radius 1 is 1.29 bits per heavy atom. The van der Waals surface area contributed by atoms with Gasteiger partial charge < -0.3 is 4.98 Å². The topological polar surface area (TPSA) is 45.8 Å². The van der Waals surface area contributed by atoms with E-state index < -0.39 is 0 Å². The van der Waals surface area contributed by atoms with Crippen molar-refractivity contribution in [1.29, 1.82) is 0 Å². The van der Waals surface area contributed by atoms with Gasteiger partial charge in [0.25, 0.3) is 5.56 Å². The van der Waals surface area contributed by atoms with Crippen LogP contribution in [0.1, 0.15) is 17.1 Å². The first-order valence-electron chi connectivity index (χ1n) is 5.07. The number of nitrogens with zero attached hydrogens (tertiary/aromatic N) is 1. The second-order valence-electron chi connectivity index (χ2n) is 3.62. The van der Waals surface area contributed by atoms with Crippen LogP contribution in [-0.4, -0.2) is 9.97 Å². The molecule has 3 nitrogen and oxygen atoms in total. The molecule has 0 aliphatic heterocycles. The van der Waals surface area contributed by atoms with E-state index in [2.05, 4.69) is 9.97 Å². The van der Waals surface area contributed by atoms with Crippen LogP contribution in [0.3, 0.4) is 0 Å². The van der Waals surface area contributed by atoms with Crippen LogP contribution < -0.4 is 5.56 Å². The van der Waals surface area contributed by atoms with Crippen molar-refractivity contribution in [3.63, 3.8) is 0 Å². The van der Waals surface area contributed by atoms with Crippen molar-refractivity contribution >= 4 is 23.2 Å². The number of hydrogen-bond donors (Lipinski definition) is 1. The molecule has 0 spiro atoms. The molecule has 0 bridgehead atoms. The predicted molar refractivity (Wildman–Crippen MR) is 68.7 cm³/mol. The highest BCUT2D eigenvalue weighted by molar-refractivity contribution is 6.30. The lowest BCUT2D eigenvalue weighted by Crippen LogP contribution is -2.12. The Morgan fingerprint density at radius 3 is 2.82 bits per heavy atom. The van der Waals surface area contributed by atoms with Crippen LogP contribution in [-0.2, 0) is 12.3 Å². The van der Waals surface area contributed by atoms with E-state index in [0.29, 0.717) is 23.0 Å². The lowest BCUT2D eigenvalue weighted by Gasteiger charge is -2.03. The summed E-state index contributed by atoms with van der Waals surface area (Å²) in [6, 6.07) is 8.83. The zero-order valence-corrected chi connectivity index (χ0v) is 10.4. The van der Waals surface area contributed by atoms with Gasteiger partial charge in [0.1, 0.15) is 5.82 Å². The monoisotopic (exact) mass is 268 g/mol. The van der Waals surface area contributed by atoms with Crippen molar-refractivity contribution in [3.8, 4) is 0 Å². The van der Waals surface area contributed by atoms with Crippen LogP contribution >= 0.6 is 23.2 Å². The van der Waals surface area contributed by atoms with E-state index in [1.54, 1.807) is 6.07 Å². The van der Waals surface area contributed by atoms with Crippen LogP contribution in [0.25, 0.3) is 0 Å². The molecule has 1 heterocycles. The van der Waals surface area contributed by atoms with Crippen molar-refractivity contribution < 1.29 is 0 Å². The number of nitrogens with one attached hydrogen (secondary N) is 1. The fourth-order valence-electron chi connectivity index (χ4n) is 1.56. The summed E-state index contributed by atoms with van der Waals surface area (Å²) in [6.07, 6.45) is 0.528. The zero-order valence-electron chi connectivity index (χ0n) is 8.91. The largest absolute Gasteiger partial charge is 0.310 e. The van der Waals surface area contributed by atoms with Gasteiger partial charge in [-0.25, -0.2) is 4.98 Å². The molecule has 2 rings (SSSR count). The van der Waals surface area contributed by atoms with E-state index in [1.807, 2.05) is 18.2 Å². The Morgan fingerprint density at radius 2 is 2.12 bits per heavy atom. The molecule has 1 N–H and O–H groups in total. The summed E-state index contributed by atoms with van der Waals surface area (Å²) in [4.78, 5) is 18.3. The summed E-state index contributed by atoms with van der Waals surface area (Å²) >= 11 is 11.6. The van der Waals surface area contributed by atoms with Crippen molar-refractivity contribution in [2.24, 2.45) is 0 Å². The Balaban J connectivity index is 2.29. The van der Waals surface area contributed by atoms with Crippen LogP contribution in [0.15, 0.2) is 35.1 Å². The summed E-state index contributed by atoms with van der Waals surface area (Å²) in [5.74, 6) is 0.822. The molecule has 0 aliphatic rings. The van der Waals surface area contributed by atoms with Gasteiger partial charge in [0.2, 0.25) is 0 Å². The van der Waals surface area contributed by atoms with E-state index in [0.717, 1.165) is 5.56 Å². The third kappa shape index (κ3) is 3.32. The Kier molecular flexibility index (Phi) is 3.82. The third-order valence-electron chi connectivity index (χ3n) is 2.24. The van der Waals surface area contributed by atoms with Crippen molar-refractivity contribution in [2.45, 2.75) is 12.3 Å². The van der Waals surface area contributed by atoms with Gasteiger partial charge in [-0.2, -0.15) is 0 Å². The molecule has 88 valence electrons. The first kappa shape index (κ1) is 12.1. The second kappa shape index (κ2) is 5.34. The number of aromatic amines is 1. The molecule has 1 aromatic heterocycles. The maximum absolute atomic E-state index is 11.3. The van der Waals surface area contributed by atoms with Crippen LogP contribution in [0, 0.1) is 0 Å². The summed E-state index contributed by atoms with van der Waals surface area (Å²) in [6.45, 7) is 0. The van der Waals surface area contributed by atoms with E-state index in [4.69, 9.17) is 23.2 Å². The lowest BCUT2D eigenvalue weighted by molar-refractivity contribution is 0.915. The summed E-state index contributed by atoms with van der Waals surface area (Å²) in [5, 5.41) is 0.665. The number of aromatic nitrogens is 2. The first-order valence-corrected chi connectivity index (χ1v) is 5.98. The standard InChI is InChI=1S/C12H10Cl2N2O/c13-7-10-6-12(17)16-11(15-10)5-8-2-1-3-9(14)4-8/h1-4,6H,5,7H2,(H,15,16,17). The number of H-pyrrole nitrogens is 1. The molecular weight excluding hydrogens is 259 g/mol. The number of rotatable bonds is 3. The van der Waals surface area contributed by atoms with E-state index in [-0.39, 0.29) is 11.4 Å². The smallest absolute Gasteiger partial charge is 0.251 e. The average molecular weight is 269 g/mol. The Hall–Kier alpha value is -1.32. The minimum Gasteiger partial charge on any atom is -0.310 e.